The summed E-state index contributed by atoms with van der Waals surface area (Å²) in [6.45, 7) is 0.424. The first kappa shape index (κ1) is 8.77. The Kier molecular flexibility index (Phi) is 2.65. The van der Waals surface area contributed by atoms with Crippen LogP contribution in [0.3, 0.4) is 0 Å². The Bertz CT molecular complexity index is 371. The fourth-order valence-corrected chi connectivity index (χ4v) is 1.92. The summed E-state index contributed by atoms with van der Waals surface area (Å²) in [5.74, 6) is 0.798. The van der Waals surface area contributed by atoms with E-state index >= 15 is 0 Å². The van der Waals surface area contributed by atoms with Crippen molar-refractivity contribution in [2.75, 3.05) is 0 Å². The van der Waals surface area contributed by atoms with E-state index in [0.717, 1.165) is 10.4 Å². The normalized spacial score (nSPS) is 10.2. The van der Waals surface area contributed by atoms with Gasteiger partial charge in [0.15, 0.2) is 0 Å². The number of nitrogens with zero attached hydrogens (tertiary/aromatic N) is 1. The Balaban J connectivity index is 1.93. The maximum atomic E-state index is 5.35. The van der Waals surface area contributed by atoms with Crippen LogP contribution >= 0.6 is 27.3 Å². The van der Waals surface area contributed by atoms with Gasteiger partial charge in [0.1, 0.15) is 17.0 Å². The number of rotatable bonds is 3. The standard InChI is InChI=1S/C8H6BrNO2S/c9-7-5-13-8(10-7)12-4-6-2-1-3-11-6/h1-3,5H,4H2. The van der Waals surface area contributed by atoms with Crippen molar-refractivity contribution in [1.82, 2.24) is 4.98 Å². The van der Waals surface area contributed by atoms with Gasteiger partial charge in [0.2, 0.25) is 0 Å². The van der Waals surface area contributed by atoms with Crippen molar-refractivity contribution in [1.29, 1.82) is 0 Å². The highest BCUT2D eigenvalue weighted by Crippen LogP contribution is 2.22. The molecule has 0 spiro atoms. The minimum absolute atomic E-state index is 0.424. The molecule has 2 aromatic heterocycles. The first-order valence-electron chi connectivity index (χ1n) is 3.61. The molecule has 0 fully saturated rings. The van der Waals surface area contributed by atoms with Crippen LogP contribution < -0.4 is 4.74 Å². The van der Waals surface area contributed by atoms with Gasteiger partial charge in [-0.2, -0.15) is 4.98 Å². The molecule has 0 saturated heterocycles. The molecule has 0 aliphatic carbocycles. The van der Waals surface area contributed by atoms with Gasteiger partial charge in [-0.15, -0.1) is 0 Å². The van der Waals surface area contributed by atoms with Crippen LogP contribution in [0.1, 0.15) is 5.76 Å². The molecule has 5 heteroatoms. The molecule has 0 unspecified atom stereocenters. The summed E-state index contributed by atoms with van der Waals surface area (Å²) >= 11 is 4.70. The van der Waals surface area contributed by atoms with Gasteiger partial charge in [-0.1, -0.05) is 11.3 Å². The largest absolute Gasteiger partial charge is 0.466 e. The molecule has 0 aliphatic rings. The van der Waals surface area contributed by atoms with E-state index in [-0.39, 0.29) is 0 Å². The van der Waals surface area contributed by atoms with Crippen LogP contribution in [0.15, 0.2) is 32.8 Å². The van der Waals surface area contributed by atoms with E-state index in [1.807, 2.05) is 17.5 Å². The lowest BCUT2D eigenvalue weighted by molar-refractivity contribution is 0.269. The summed E-state index contributed by atoms with van der Waals surface area (Å²) in [5.41, 5.74) is 0. The third kappa shape index (κ3) is 2.32. The Morgan fingerprint density at radius 1 is 1.62 bits per heavy atom. The second-order valence-electron chi connectivity index (χ2n) is 2.30. The molecule has 0 N–H and O–H groups in total. The molecule has 13 heavy (non-hydrogen) atoms. The molecular formula is C8H6BrNO2S. The molecule has 0 atom stereocenters. The Morgan fingerprint density at radius 2 is 2.54 bits per heavy atom. The van der Waals surface area contributed by atoms with Gasteiger partial charge in [-0.25, -0.2) is 0 Å². The average Bonchev–Trinajstić information content (AvgIpc) is 2.71. The van der Waals surface area contributed by atoms with E-state index in [9.17, 15) is 0 Å². The van der Waals surface area contributed by atoms with Crippen LogP contribution in [0.2, 0.25) is 0 Å². The van der Waals surface area contributed by atoms with Crippen molar-refractivity contribution in [3.05, 3.63) is 34.1 Å². The summed E-state index contributed by atoms with van der Waals surface area (Å²) in [6.07, 6.45) is 1.62. The molecule has 2 aromatic rings. The molecule has 0 aliphatic heterocycles. The average molecular weight is 260 g/mol. The highest BCUT2D eigenvalue weighted by molar-refractivity contribution is 9.10. The van der Waals surface area contributed by atoms with E-state index in [2.05, 4.69) is 20.9 Å². The molecule has 0 bridgehead atoms. The van der Waals surface area contributed by atoms with E-state index in [1.165, 1.54) is 11.3 Å². The fraction of sp³-hybridized carbons (Fsp3) is 0.125. The van der Waals surface area contributed by atoms with Crippen LogP contribution in [0.5, 0.6) is 5.19 Å². The molecule has 0 radical (unpaired) electrons. The maximum absolute atomic E-state index is 5.35. The van der Waals surface area contributed by atoms with Crippen molar-refractivity contribution in [3.63, 3.8) is 0 Å². The topological polar surface area (TPSA) is 35.3 Å². The number of hydrogen-bond acceptors (Lipinski definition) is 4. The first-order valence-corrected chi connectivity index (χ1v) is 5.28. The van der Waals surface area contributed by atoms with E-state index in [4.69, 9.17) is 9.15 Å². The van der Waals surface area contributed by atoms with Gasteiger partial charge >= 0.3 is 0 Å². The highest BCUT2D eigenvalue weighted by atomic mass is 79.9. The Morgan fingerprint density at radius 3 is 3.15 bits per heavy atom. The maximum Gasteiger partial charge on any atom is 0.274 e. The van der Waals surface area contributed by atoms with Crippen LogP contribution in [0, 0.1) is 0 Å². The lowest BCUT2D eigenvalue weighted by Crippen LogP contribution is -1.92. The zero-order chi connectivity index (χ0) is 9.10. The van der Waals surface area contributed by atoms with E-state index in [1.54, 1.807) is 6.26 Å². The minimum Gasteiger partial charge on any atom is -0.466 e. The summed E-state index contributed by atoms with van der Waals surface area (Å²) in [5, 5.41) is 2.51. The van der Waals surface area contributed by atoms with Crippen molar-refractivity contribution in [3.8, 4) is 5.19 Å². The Labute approximate surface area is 87.5 Å². The smallest absolute Gasteiger partial charge is 0.274 e. The van der Waals surface area contributed by atoms with Gasteiger partial charge in [-0.3, -0.25) is 0 Å². The number of aromatic nitrogens is 1. The predicted octanol–water partition coefficient (Wildman–Crippen LogP) is 3.08. The van der Waals surface area contributed by atoms with Crippen LogP contribution in [-0.2, 0) is 6.61 Å². The van der Waals surface area contributed by atoms with Crippen LogP contribution in [-0.4, -0.2) is 4.98 Å². The minimum atomic E-state index is 0.424. The van der Waals surface area contributed by atoms with Crippen molar-refractivity contribution >= 4 is 27.3 Å². The van der Waals surface area contributed by atoms with Crippen molar-refractivity contribution in [2.24, 2.45) is 0 Å². The molecule has 0 aromatic carbocycles. The molecular weight excluding hydrogens is 254 g/mol. The number of thiazole rings is 1. The van der Waals surface area contributed by atoms with Gasteiger partial charge in [0.25, 0.3) is 5.19 Å². The van der Waals surface area contributed by atoms with Gasteiger partial charge < -0.3 is 9.15 Å². The number of furan rings is 1. The van der Waals surface area contributed by atoms with Crippen molar-refractivity contribution in [2.45, 2.75) is 6.61 Å². The van der Waals surface area contributed by atoms with E-state index in [0.29, 0.717) is 11.8 Å². The lowest BCUT2D eigenvalue weighted by Gasteiger charge is -1.97. The zero-order valence-electron chi connectivity index (χ0n) is 6.57. The van der Waals surface area contributed by atoms with E-state index < -0.39 is 0 Å². The second kappa shape index (κ2) is 3.93. The number of hydrogen-bond donors (Lipinski definition) is 0. The molecule has 0 amide bonds. The van der Waals surface area contributed by atoms with Crippen LogP contribution in [0.4, 0.5) is 0 Å². The predicted molar refractivity (Wildman–Crippen MR) is 52.9 cm³/mol. The third-order valence-electron chi connectivity index (χ3n) is 1.37. The monoisotopic (exact) mass is 259 g/mol. The number of ether oxygens (including phenoxy) is 1. The summed E-state index contributed by atoms with van der Waals surface area (Å²) in [6, 6.07) is 3.69. The van der Waals surface area contributed by atoms with Gasteiger partial charge in [0.05, 0.1) is 6.26 Å². The molecule has 2 rings (SSSR count). The first-order chi connectivity index (χ1) is 6.34. The lowest BCUT2D eigenvalue weighted by atomic mass is 10.5. The quantitative estimate of drug-likeness (QED) is 0.850. The Hall–Kier alpha value is -0.810. The SMILES string of the molecule is Brc1csc(OCc2ccco2)n1. The van der Waals surface area contributed by atoms with Crippen LogP contribution in [0.25, 0.3) is 0 Å². The third-order valence-corrected chi connectivity index (χ3v) is 2.83. The summed E-state index contributed by atoms with van der Waals surface area (Å²) in [4.78, 5) is 4.08. The molecule has 0 saturated carbocycles. The number of halogens is 1. The zero-order valence-corrected chi connectivity index (χ0v) is 8.97. The molecule has 68 valence electrons. The van der Waals surface area contributed by atoms with Crippen molar-refractivity contribution < 1.29 is 9.15 Å². The second-order valence-corrected chi connectivity index (χ2v) is 3.94. The molecule has 3 nitrogen and oxygen atoms in total. The summed E-state index contributed by atoms with van der Waals surface area (Å²) < 4.78 is 11.3. The van der Waals surface area contributed by atoms with Gasteiger partial charge in [-0.05, 0) is 28.1 Å². The van der Waals surface area contributed by atoms with Gasteiger partial charge in [0, 0.05) is 5.38 Å². The highest BCUT2D eigenvalue weighted by Gasteiger charge is 2.01. The molecule has 2 heterocycles. The summed E-state index contributed by atoms with van der Waals surface area (Å²) in [7, 11) is 0. The fourth-order valence-electron chi connectivity index (χ4n) is 0.833.